The Balaban J connectivity index is 1.55. The minimum Gasteiger partial charge on any atom is -0.491 e. The molecule has 3 aromatic rings. The number of fused-ring (bicyclic) bond motifs is 1. The Bertz CT molecular complexity index is 1190. The van der Waals surface area contributed by atoms with Crippen LogP contribution in [0.1, 0.15) is 86.5 Å². The maximum atomic E-state index is 6.52. The Hall–Kier alpha value is -2.65. The first kappa shape index (κ1) is 25.0. The first-order valence-corrected chi connectivity index (χ1v) is 14.1. The van der Waals surface area contributed by atoms with Crippen LogP contribution in [-0.4, -0.2) is 22.5 Å². The number of hydrogen-bond acceptors (Lipinski definition) is 3. The van der Waals surface area contributed by atoms with Gasteiger partial charge in [-0.1, -0.05) is 62.7 Å². The summed E-state index contributed by atoms with van der Waals surface area (Å²) in [6.45, 7) is 12.9. The van der Waals surface area contributed by atoms with Crippen molar-refractivity contribution in [2.24, 2.45) is 5.92 Å². The second-order valence-electron chi connectivity index (χ2n) is 10.9. The number of rotatable bonds is 8. The highest BCUT2D eigenvalue weighted by Crippen LogP contribution is 2.45. The van der Waals surface area contributed by atoms with Gasteiger partial charge >= 0.3 is 0 Å². The molecule has 1 atom stereocenters. The van der Waals surface area contributed by atoms with Crippen molar-refractivity contribution < 1.29 is 4.74 Å². The highest BCUT2D eigenvalue weighted by Gasteiger charge is 2.37. The number of hydrogen-bond donors (Lipinski definition) is 0. The predicted molar refractivity (Wildman–Crippen MR) is 150 cm³/mol. The van der Waals surface area contributed by atoms with Crippen molar-refractivity contribution in [1.29, 1.82) is 0 Å². The van der Waals surface area contributed by atoms with Gasteiger partial charge in [-0.25, -0.2) is 0 Å². The molecule has 2 aromatic carbocycles. The van der Waals surface area contributed by atoms with Gasteiger partial charge in [0.05, 0.1) is 11.8 Å². The second kappa shape index (κ2) is 10.8. The molecule has 0 radical (unpaired) electrons. The number of aryl methyl sites for hydroxylation is 3. The van der Waals surface area contributed by atoms with Gasteiger partial charge in [0, 0.05) is 42.0 Å². The van der Waals surface area contributed by atoms with Gasteiger partial charge < -0.3 is 4.74 Å². The number of nitrogens with zero attached hydrogens (tertiary/aromatic N) is 2. The Morgan fingerprint density at radius 2 is 1.72 bits per heavy atom. The molecule has 1 aliphatic heterocycles. The van der Waals surface area contributed by atoms with Gasteiger partial charge in [0.1, 0.15) is 5.75 Å². The summed E-state index contributed by atoms with van der Waals surface area (Å²) in [5.41, 5.74) is 10.5. The smallest absolute Gasteiger partial charge is 0.128 e. The molecule has 0 N–H and O–H groups in total. The molecule has 0 bridgehead atoms. The maximum Gasteiger partial charge on any atom is 0.128 e. The molecule has 2 heterocycles. The standard InChI is InChI=1S/C33H42N2O/c1-6-24-13-10-14-25(7-2)32(24)30-20-31(36-22(3)4)29(23(5)34-30)21-35-19-18-26-12-8-9-17-28(26)33(35)27-15-11-16-27/h8-10,12-14,17,20,22,27,33H,6-7,11,15-16,18-19,21H2,1-5H3. The molecule has 0 spiro atoms. The zero-order chi connectivity index (χ0) is 25.2. The summed E-state index contributed by atoms with van der Waals surface area (Å²) in [5.74, 6) is 1.77. The van der Waals surface area contributed by atoms with E-state index < -0.39 is 0 Å². The molecule has 1 fully saturated rings. The molecule has 190 valence electrons. The van der Waals surface area contributed by atoms with Gasteiger partial charge in [0.2, 0.25) is 0 Å². The summed E-state index contributed by atoms with van der Waals surface area (Å²) in [7, 11) is 0. The molecule has 1 saturated carbocycles. The number of pyridine rings is 1. The summed E-state index contributed by atoms with van der Waals surface area (Å²) in [5, 5.41) is 0. The van der Waals surface area contributed by atoms with Crippen molar-refractivity contribution in [2.75, 3.05) is 6.54 Å². The Kier molecular flexibility index (Phi) is 7.48. The van der Waals surface area contributed by atoms with Gasteiger partial charge in [-0.05, 0) is 81.0 Å². The van der Waals surface area contributed by atoms with Crippen molar-refractivity contribution in [3.05, 3.63) is 82.0 Å². The lowest BCUT2D eigenvalue weighted by Gasteiger charge is -2.45. The Morgan fingerprint density at radius 1 is 1.00 bits per heavy atom. The lowest BCUT2D eigenvalue weighted by atomic mass is 9.73. The van der Waals surface area contributed by atoms with Crippen LogP contribution in [0.3, 0.4) is 0 Å². The second-order valence-corrected chi connectivity index (χ2v) is 10.9. The minimum absolute atomic E-state index is 0.120. The van der Waals surface area contributed by atoms with Crippen LogP contribution in [0.5, 0.6) is 5.75 Å². The monoisotopic (exact) mass is 482 g/mol. The minimum atomic E-state index is 0.120. The van der Waals surface area contributed by atoms with E-state index in [0.29, 0.717) is 6.04 Å². The predicted octanol–water partition coefficient (Wildman–Crippen LogP) is 7.87. The molecule has 5 rings (SSSR count). The molecule has 2 aliphatic rings. The van der Waals surface area contributed by atoms with Crippen molar-refractivity contribution in [2.45, 2.75) is 91.8 Å². The van der Waals surface area contributed by atoms with E-state index in [2.05, 4.69) is 88.0 Å². The largest absolute Gasteiger partial charge is 0.491 e. The van der Waals surface area contributed by atoms with E-state index in [-0.39, 0.29) is 6.10 Å². The first-order chi connectivity index (χ1) is 17.5. The summed E-state index contributed by atoms with van der Waals surface area (Å²) < 4.78 is 6.52. The molecular weight excluding hydrogens is 440 g/mol. The fourth-order valence-corrected chi connectivity index (χ4v) is 6.26. The van der Waals surface area contributed by atoms with Crippen LogP contribution in [0, 0.1) is 12.8 Å². The Morgan fingerprint density at radius 3 is 2.36 bits per heavy atom. The quantitative estimate of drug-likeness (QED) is 0.327. The fourth-order valence-electron chi connectivity index (χ4n) is 6.26. The summed E-state index contributed by atoms with van der Waals surface area (Å²) in [6.07, 6.45) is 7.29. The fraction of sp³-hybridized carbons (Fsp3) is 0.485. The summed E-state index contributed by atoms with van der Waals surface area (Å²) >= 11 is 0. The molecule has 1 aromatic heterocycles. The van der Waals surface area contributed by atoms with Gasteiger partial charge in [-0.2, -0.15) is 0 Å². The highest BCUT2D eigenvalue weighted by molar-refractivity contribution is 5.70. The van der Waals surface area contributed by atoms with Crippen LogP contribution in [0.25, 0.3) is 11.3 Å². The zero-order valence-corrected chi connectivity index (χ0v) is 22.8. The third-order valence-corrected chi connectivity index (χ3v) is 8.30. The molecule has 0 saturated heterocycles. The molecule has 3 heteroatoms. The van der Waals surface area contributed by atoms with E-state index in [1.165, 1.54) is 47.1 Å². The molecule has 1 aliphatic carbocycles. The third-order valence-electron chi connectivity index (χ3n) is 8.30. The molecule has 1 unspecified atom stereocenters. The van der Waals surface area contributed by atoms with Crippen LogP contribution in [0.15, 0.2) is 48.5 Å². The van der Waals surface area contributed by atoms with Gasteiger partial charge in [0.25, 0.3) is 0 Å². The van der Waals surface area contributed by atoms with E-state index in [0.717, 1.165) is 55.4 Å². The normalized spacial score (nSPS) is 18.2. The molecule has 36 heavy (non-hydrogen) atoms. The van der Waals surface area contributed by atoms with E-state index in [9.17, 15) is 0 Å². The lowest BCUT2D eigenvalue weighted by molar-refractivity contribution is 0.0780. The average Bonchev–Trinajstić information content (AvgIpc) is 2.85. The van der Waals surface area contributed by atoms with E-state index in [1.54, 1.807) is 5.56 Å². The third kappa shape index (κ3) is 4.83. The lowest BCUT2D eigenvalue weighted by Crippen LogP contribution is -2.41. The Labute approximate surface area is 217 Å². The van der Waals surface area contributed by atoms with E-state index in [1.807, 2.05) is 0 Å². The van der Waals surface area contributed by atoms with Crippen molar-refractivity contribution in [1.82, 2.24) is 9.88 Å². The van der Waals surface area contributed by atoms with Crippen molar-refractivity contribution >= 4 is 0 Å². The van der Waals surface area contributed by atoms with Crippen LogP contribution in [0.4, 0.5) is 0 Å². The highest BCUT2D eigenvalue weighted by atomic mass is 16.5. The molecular formula is C33H42N2O. The molecule has 3 nitrogen and oxygen atoms in total. The van der Waals surface area contributed by atoms with Crippen molar-refractivity contribution in [3.8, 4) is 17.0 Å². The SMILES string of the molecule is CCc1cccc(CC)c1-c1cc(OC(C)C)c(CN2CCc3ccccc3C2C2CCC2)c(C)n1. The summed E-state index contributed by atoms with van der Waals surface area (Å²) in [6, 6.07) is 18.5. The van der Waals surface area contributed by atoms with E-state index >= 15 is 0 Å². The van der Waals surface area contributed by atoms with Crippen LogP contribution >= 0.6 is 0 Å². The number of aromatic nitrogens is 1. The van der Waals surface area contributed by atoms with Crippen LogP contribution in [-0.2, 0) is 25.8 Å². The van der Waals surface area contributed by atoms with E-state index in [4.69, 9.17) is 9.72 Å². The van der Waals surface area contributed by atoms with Crippen molar-refractivity contribution in [3.63, 3.8) is 0 Å². The van der Waals surface area contributed by atoms with Gasteiger partial charge in [-0.3, -0.25) is 9.88 Å². The number of benzene rings is 2. The molecule has 0 amide bonds. The zero-order valence-electron chi connectivity index (χ0n) is 22.8. The van der Waals surface area contributed by atoms with Crippen LogP contribution < -0.4 is 4.74 Å². The number of ether oxygens (including phenoxy) is 1. The van der Waals surface area contributed by atoms with Crippen LogP contribution in [0.2, 0.25) is 0 Å². The first-order valence-electron chi connectivity index (χ1n) is 14.1. The van der Waals surface area contributed by atoms with Gasteiger partial charge in [0.15, 0.2) is 0 Å². The topological polar surface area (TPSA) is 25.4 Å². The summed E-state index contributed by atoms with van der Waals surface area (Å²) in [4.78, 5) is 7.96. The van der Waals surface area contributed by atoms with Gasteiger partial charge in [-0.15, -0.1) is 0 Å². The average molecular weight is 483 g/mol. The maximum absolute atomic E-state index is 6.52.